The fourth-order valence-corrected chi connectivity index (χ4v) is 3.97. The van der Waals surface area contributed by atoms with Crippen molar-refractivity contribution in [3.63, 3.8) is 0 Å². The largest absolute Gasteiger partial charge is 0.490 e. The molecule has 0 fully saturated rings. The van der Waals surface area contributed by atoms with Crippen molar-refractivity contribution in [3.8, 4) is 16.9 Å². The van der Waals surface area contributed by atoms with Crippen molar-refractivity contribution in [2.24, 2.45) is 4.99 Å². The highest BCUT2D eigenvalue weighted by atomic mass is 35.5. The number of nitrogens with one attached hydrogen (secondary N) is 1. The number of hydrogen-bond donors (Lipinski definition) is 1. The number of aliphatic imine (C=N–C) groups is 1. The van der Waals surface area contributed by atoms with Gasteiger partial charge in [-0.2, -0.15) is 0 Å². The minimum absolute atomic E-state index is 0. The maximum absolute atomic E-state index is 6.32. The maximum Gasteiger partial charge on any atom is 0.138 e. The molecule has 1 aliphatic rings. The quantitative estimate of drug-likeness (QED) is 0.495. The molecule has 0 saturated heterocycles. The number of methoxy groups -OCH3 is 1. The van der Waals surface area contributed by atoms with Gasteiger partial charge in [-0.1, -0.05) is 47.5 Å². The smallest absolute Gasteiger partial charge is 0.138 e. The molecule has 7 heteroatoms. The molecular weight excluding hydrogens is 431 g/mol. The Labute approximate surface area is 186 Å². The molecule has 0 bridgehead atoms. The topological polar surface area (TPSA) is 42.9 Å². The highest BCUT2D eigenvalue weighted by Crippen LogP contribution is 2.42. The molecule has 4 nitrogen and oxygen atoms in total. The van der Waals surface area contributed by atoms with Gasteiger partial charge in [-0.3, -0.25) is 4.99 Å². The lowest BCUT2D eigenvalue weighted by molar-refractivity contribution is 0.146. The Morgan fingerprint density at radius 1 is 1.03 bits per heavy atom. The summed E-state index contributed by atoms with van der Waals surface area (Å²) in [7, 11) is 1.66. The molecule has 0 unspecified atom stereocenters. The van der Waals surface area contributed by atoms with E-state index in [0.29, 0.717) is 23.3 Å². The zero-order chi connectivity index (χ0) is 19.5. The molecule has 1 heterocycles. The molecule has 1 N–H and O–H groups in total. The first-order valence-corrected chi connectivity index (χ1v) is 9.85. The van der Waals surface area contributed by atoms with Gasteiger partial charge >= 0.3 is 0 Å². The second kappa shape index (κ2) is 9.68. The van der Waals surface area contributed by atoms with Gasteiger partial charge < -0.3 is 14.8 Å². The number of benzene rings is 3. The normalized spacial score (nSPS) is 13.0. The van der Waals surface area contributed by atoms with Crippen LogP contribution in [-0.4, -0.2) is 39.2 Å². The first kappa shape index (κ1) is 21.7. The number of rotatable bonds is 6. The summed E-state index contributed by atoms with van der Waals surface area (Å²) in [6, 6.07) is 15.9. The van der Waals surface area contributed by atoms with E-state index in [9.17, 15) is 0 Å². The Kier molecular flexibility index (Phi) is 7.25. The van der Waals surface area contributed by atoms with Crippen molar-refractivity contribution in [3.05, 3.63) is 64.1 Å². The molecule has 0 aromatic heterocycles. The summed E-state index contributed by atoms with van der Waals surface area (Å²) in [6.07, 6.45) is 0. The second-order valence-electron chi connectivity index (χ2n) is 6.51. The SMILES string of the molecule is COCCOc1c(C2=NCCN2)cc2ccccc2c1-c1cc(Cl)cc(Cl)c1.Cl. The molecule has 3 aromatic rings. The zero-order valence-corrected chi connectivity index (χ0v) is 18.2. The summed E-state index contributed by atoms with van der Waals surface area (Å²) < 4.78 is 11.4. The fourth-order valence-electron chi connectivity index (χ4n) is 3.44. The molecule has 0 aliphatic carbocycles. The van der Waals surface area contributed by atoms with E-state index >= 15 is 0 Å². The Balaban J connectivity index is 0.00000240. The van der Waals surface area contributed by atoms with Crippen LogP contribution in [0.15, 0.2) is 53.5 Å². The van der Waals surface area contributed by atoms with Crippen LogP contribution in [-0.2, 0) is 4.74 Å². The van der Waals surface area contributed by atoms with Crippen molar-refractivity contribution in [2.75, 3.05) is 33.4 Å². The predicted molar refractivity (Wildman–Crippen MR) is 123 cm³/mol. The van der Waals surface area contributed by atoms with Crippen LogP contribution in [0.1, 0.15) is 5.56 Å². The Morgan fingerprint density at radius 2 is 1.79 bits per heavy atom. The van der Waals surface area contributed by atoms with E-state index in [4.69, 9.17) is 32.7 Å². The first-order valence-electron chi connectivity index (χ1n) is 9.10. The van der Waals surface area contributed by atoms with Crippen LogP contribution in [0.25, 0.3) is 21.9 Å². The fraction of sp³-hybridized carbons (Fsp3) is 0.227. The van der Waals surface area contributed by atoms with E-state index in [-0.39, 0.29) is 12.4 Å². The van der Waals surface area contributed by atoms with Crippen LogP contribution in [0.3, 0.4) is 0 Å². The van der Waals surface area contributed by atoms with Gasteiger partial charge in [0.15, 0.2) is 0 Å². The molecule has 0 atom stereocenters. The summed E-state index contributed by atoms with van der Waals surface area (Å²) in [5.41, 5.74) is 2.78. The summed E-state index contributed by atoms with van der Waals surface area (Å²) in [5, 5.41) is 6.68. The van der Waals surface area contributed by atoms with Gasteiger partial charge in [0, 0.05) is 29.3 Å². The Bertz CT molecular complexity index is 1030. The van der Waals surface area contributed by atoms with Crippen molar-refractivity contribution >= 4 is 52.2 Å². The molecule has 152 valence electrons. The lowest BCUT2D eigenvalue weighted by atomic mass is 9.93. The van der Waals surface area contributed by atoms with Crippen molar-refractivity contribution in [1.29, 1.82) is 0 Å². The van der Waals surface area contributed by atoms with Crippen LogP contribution in [0.2, 0.25) is 10.0 Å². The Morgan fingerprint density at radius 3 is 2.48 bits per heavy atom. The lowest BCUT2D eigenvalue weighted by Crippen LogP contribution is -2.21. The third-order valence-electron chi connectivity index (χ3n) is 4.62. The molecule has 0 saturated carbocycles. The molecule has 1 aliphatic heterocycles. The summed E-state index contributed by atoms with van der Waals surface area (Å²) in [6.45, 7) is 2.48. The maximum atomic E-state index is 6.32. The van der Waals surface area contributed by atoms with Crippen molar-refractivity contribution < 1.29 is 9.47 Å². The Hall–Kier alpha value is -1.98. The first-order chi connectivity index (χ1) is 13.7. The zero-order valence-electron chi connectivity index (χ0n) is 15.9. The summed E-state index contributed by atoms with van der Waals surface area (Å²) in [5.74, 6) is 1.59. The molecule has 29 heavy (non-hydrogen) atoms. The lowest BCUT2D eigenvalue weighted by Gasteiger charge is -2.19. The van der Waals surface area contributed by atoms with Gasteiger partial charge in [0.05, 0.1) is 18.7 Å². The van der Waals surface area contributed by atoms with Crippen LogP contribution in [0.4, 0.5) is 0 Å². The van der Waals surface area contributed by atoms with E-state index in [1.54, 1.807) is 13.2 Å². The van der Waals surface area contributed by atoms with Gasteiger partial charge in [0.2, 0.25) is 0 Å². The highest BCUT2D eigenvalue weighted by molar-refractivity contribution is 6.35. The van der Waals surface area contributed by atoms with Gasteiger partial charge in [-0.05, 0) is 40.6 Å². The standard InChI is InChI=1S/C22H20Cl2N2O2.ClH/c1-27-8-9-28-21-19(22-25-6-7-26-22)12-14-4-2-3-5-18(14)20(21)15-10-16(23)13-17(24)11-15;/h2-5,10-13H,6-9H2,1H3,(H,25,26);1H. The second-order valence-corrected chi connectivity index (χ2v) is 7.38. The van der Waals surface area contributed by atoms with Crippen LogP contribution >= 0.6 is 35.6 Å². The monoisotopic (exact) mass is 450 g/mol. The van der Waals surface area contributed by atoms with Crippen molar-refractivity contribution in [2.45, 2.75) is 0 Å². The predicted octanol–water partition coefficient (Wildman–Crippen LogP) is 5.61. The number of fused-ring (bicyclic) bond motifs is 1. The average molecular weight is 452 g/mol. The van der Waals surface area contributed by atoms with Crippen molar-refractivity contribution in [1.82, 2.24) is 5.32 Å². The van der Waals surface area contributed by atoms with Gasteiger partial charge in [-0.25, -0.2) is 0 Å². The number of amidine groups is 1. The van der Waals surface area contributed by atoms with E-state index < -0.39 is 0 Å². The number of halogens is 3. The van der Waals surface area contributed by atoms with Crippen LogP contribution < -0.4 is 10.1 Å². The van der Waals surface area contributed by atoms with E-state index in [1.807, 2.05) is 24.3 Å². The minimum Gasteiger partial charge on any atom is -0.490 e. The average Bonchev–Trinajstić information content (AvgIpc) is 3.21. The summed E-state index contributed by atoms with van der Waals surface area (Å²) >= 11 is 12.6. The molecule has 4 rings (SSSR count). The van der Waals surface area contributed by atoms with Crippen LogP contribution in [0.5, 0.6) is 5.75 Å². The molecule has 3 aromatic carbocycles. The third kappa shape index (κ3) is 4.62. The van der Waals surface area contributed by atoms with Gasteiger partial charge in [0.25, 0.3) is 0 Å². The van der Waals surface area contributed by atoms with E-state index in [0.717, 1.165) is 52.1 Å². The summed E-state index contributed by atoms with van der Waals surface area (Å²) in [4.78, 5) is 4.61. The number of hydrogen-bond acceptors (Lipinski definition) is 4. The molecule has 0 spiro atoms. The van der Waals surface area contributed by atoms with E-state index in [1.165, 1.54) is 0 Å². The molecular formula is C22H21Cl3N2O2. The van der Waals surface area contributed by atoms with Gasteiger partial charge in [0.1, 0.15) is 18.2 Å². The van der Waals surface area contributed by atoms with Crippen LogP contribution in [0, 0.1) is 0 Å². The number of ether oxygens (including phenoxy) is 2. The van der Waals surface area contributed by atoms with Gasteiger partial charge in [-0.15, -0.1) is 12.4 Å². The molecule has 0 radical (unpaired) electrons. The minimum atomic E-state index is 0. The third-order valence-corrected chi connectivity index (χ3v) is 5.05. The number of nitrogens with zero attached hydrogens (tertiary/aromatic N) is 1. The van der Waals surface area contributed by atoms with E-state index in [2.05, 4.69) is 28.5 Å². The molecule has 0 amide bonds. The highest BCUT2D eigenvalue weighted by Gasteiger charge is 2.22.